The van der Waals surface area contributed by atoms with Crippen molar-refractivity contribution in [3.8, 4) is 0 Å². The number of nitrogens with zero attached hydrogens (tertiary/aromatic N) is 3. The van der Waals surface area contributed by atoms with E-state index in [2.05, 4.69) is 15.8 Å². The molecule has 0 saturated carbocycles. The van der Waals surface area contributed by atoms with Gasteiger partial charge in [-0.1, -0.05) is 18.2 Å². The van der Waals surface area contributed by atoms with Crippen molar-refractivity contribution in [2.45, 2.75) is 19.9 Å². The smallest absolute Gasteiger partial charge is 0.269 e. The lowest BCUT2D eigenvalue weighted by molar-refractivity contribution is -0.122. The van der Waals surface area contributed by atoms with Crippen LogP contribution in [0.15, 0.2) is 53.6 Å². The van der Waals surface area contributed by atoms with Gasteiger partial charge < -0.3 is 4.90 Å². The van der Waals surface area contributed by atoms with Crippen molar-refractivity contribution < 1.29 is 9.59 Å². The highest BCUT2D eigenvalue weighted by molar-refractivity contribution is 5.96. The zero-order valence-corrected chi connectivity index (χ0v) is 16.6. The molecule has 29 heavy (non-hydrogen) atoms. The highest BCUT2D eigenvalue weighted by Gasteiger charge is 2.10. The third-order valence-electron chi connectivity index (χ3n) is 4.58. The molecule has 3 aromatic rings. The fourth-order valence-corrected chi connectivity index (χ4v) is 2.91. The molecule has 0 spiro atoms. The number of aromatic nitrogens is 2. The SMILES string of the molecule is Cc1cccc2c(=O)n(CCC(=O)NNC(=O)c3cccc(N(C)C)c3)cnc12. The Morgan fingerprint density at radius 1 is 1.10 bits per heavy atom. The number of hydrazine groups is 1. The van der Waals surface area contributed by atoms with Crippen LogP contribution in [0.3, 0.4) is 0 Å². The number of aryl methyl sites for hydroxylation is 2. The first-order valence-electron chi connectivity index (χ1n) is 9.18. The lowest BCUT2D eigenvalue weighted by Crippen LogP contribution is -2.42. The molecule has 1 heterocycles. The Morgan fingerprint density at radius 3 is 2.62 bits per heavy atom. The number of nitrogens with one attached hydrogen (secondary N) is 2. The molecular weight excluding hydrogens is 370 g/mol. The monoisotopic (exact) mass is 393 g/mol. The number of para-hydroxylation sites is 1. The van der Waals surface area contributed by atoms with Crippen LogP contribution in [0.5, 0.6) is 0 Å². The van der Waals surface area contributed by atoms with E-state index in [0.717, 1.165) is 11.3 Å². The van der Waals surface area contributed by atoms with Gasteiger partial charge in [0.2, 0.25) is 5.91 Å². The number of carbonyl (C=O) groups excluding carboxylic acids is 2. The van der Waals surface area contributed by atoms with Crippen LogP contribution in [-0.4, -0.2) is 35.5 Å². The van der Waals surface area contributed by atoms with E-state index in [4.69, 9.17) is 0 Å². The molecule has 0 fully saturated rings. The minimum absolute atomic E-state index is 0.0247. The summed E-state index contributed by atoms with van der Waals surface area (Å²) < 4.78 is 1.39. The summed E-state index contributed by atoms with van der Waals surface area (Å²) in [4.78, 5) is 43.1. The lowest BCUT2D eigenvalue weighted by atomic mass is 10.1. The number of carbonyl (C=O) groups is 2. The highest BCUT2D eigenvalue weighted by Crippen LogP contribution is 2.13. The van der Waals surface area contributed by atoms with E-state index in [1.165, 1.54) is 10.9 Å². The molecule has 0 atom stereocenters. The standard InChI is InChI=1S/C21H23N5O3/c1-14-6-4-9-17-19(14)22-13-26(21(17)29)11-10-18(27)23-24-20(28)15-7-5-8-16(12-15)25(2)3/h4-9,12-13H,10-11H2,1-3H3,(H,23,27)(H,24,28). The summed E-state index contributed by atoms with van der Waals surface area (Å²) in [5.74, 6) is -0.819. The molecule has 2 amide bonds. The van der Waals surface area contributed by atoms with Crippen LogP contribution >= 0.6 is 0 Å². The van der Waals surface area contributed by atoms with E-state index in [9.17, 15) is 14.4 Å². The summed E-state index contributed by atoms with van der Waals surface area (Å²) in [7, 11) is 3.76. The fraction of sp³-hybridized carbons (Fsp3) is 0.238. The molecule has 2 aromatic carbocycles. The molecule has 150 valence electrons. The van der Waals surface area contributed by atoms with Crippen molar-refractivity contribution in [2.75, 3.05) is 19.0 Å². The average Bonchev–Trinajstić information content (AvgIpc) is 2.72. The van der Waals surface area contributed by atoms with Gasteiger partial charge >= 0.3 is 0 Å². The zero-order chi connectivity index (χ0) is 21.0. The minimum Gasteiger partial charge on any atom is -0.378 e. The Bertz CT molecular complexity index is 1120. The number of rotatable bonds is 5. The third kappa shape index (κ3) is 4.60. The molecular formula is C21H23N5O3. The molecule has 8 heteroatoms. The van der Waals surface area contributed by atoms with Crippen molar-refractivity contribution in [2.24, 2.45) is 0 Å². The predicted molar refractivity (Wildman–Crippen MR) is 112 cm³/mol. The van der Waals surface area contributed by atoms with Crippen molar-refractivity contribution in [1.82, 2.24) is 20.4 Å². The number of amides is 2. The van der Waals surface area contributed by atoms with Crippen molar-refractivity contribution in [3.63, 3.8) is 0 Å². The molecule has 0 saturated heterocycles. The Morgan fingerprint density at radius 2 is 1.86 bits per heavy atom. The van der Waals surface area contributed by atoms with E-state index in [1.54, 1.807) is 30.3 Å². The second-order valence-electron chi connectivity index (χ2n) is 6.91. The molecule has 0 bridgehead atoms. The van der Waals surface area contributed by atoms with Crippen molar-refractivity contribution >= 4 is 28.4 Å². The first-order chi connectivity index (χ1) is 13.9. The summed E-state index contributed by atoms with van der Waals surface area (Å²) >= 11 is 0. The highest BCUT2D eigenvalue weighted by atomic mass is 16.2. The normalized spacial score (nSPS) is 10.6. The van der Waals surface area contributed by atoms with Crippen LogP contribution in [0.1, 0.15) is 22.3 Å². The van der Waals surface area contributed by atoms with Gasteiger partial charge in [-0.3, -0.25) is 29.8 Å². The molecule has 0 radical (unpaired) electrons. The minimum atomic E-state index is -0.415. The van der Waals surface area contributed by atoms with Crippen LogP contribution in [-0.2, 0) is 11.3 Å². The van der Waals surface area contributed by atoms with Gasteiger partial charge in [0.1, 0.15) is 0 Å². The molecule has 2 N–H and O–H groups in total. The van der Waals surface area contributed by atoms with E-state index in [0.29, 0.717) is 16.5 Å². The van der Waals surface area contributed by atoms with Gasteiger partial charge in [0.15, 0.2) is 0 Å². The summed E-state index contributed by atoms with van der Waals surface area (Å²) in [6, 6.07) is 12.5. The van der Waals surface area contributed by atoms with Gasteiger partial charge in [-0.05, 0) is 36.8 Å². The van der Waals surface area contributed by atoms with Crippen molar-refractivity contribution in [1.29, 1.82) is 0 Å². The van der Waals surface area contributed by atoms with Gasteiger partial charge in [-0.25, -0.2) is 4.98 Å². The van der Waals surface area contributed by atoms with Crippen LogP contribution < -0.4 is 21.3 Å². The van der Waals surface area contributed by atoms with Crippen LogP contribution in [0.4, 0.5) is 5.69 Å². The lowest BCUT2D eigenvalue weighted by Gasteiger charge is -2.14. The van der Waals surface area contributed by atoms with E-state index in [1.807, 2.05) is 38.1 Å². The largest absolute Gasteiger partial charge is 0.378 e. The predicted octanol–water partition coefficient (Wildman–Crippen LogP) is 1.62. The van der Waals surface area contributed by atoms with E-state index in [-0.39, 0.29) is 18.5 Å². The summed E-state index contributed by atoms with van der Waals surface area (Å²) in [6.07, 6.45) is 1.47. The number of benzene rings is 2. The average molecular weight is 393 g/mol. The molecule has 3 rings (SSSR count). The molecule has 0 unspecified atom stereocenters. The maximum Gasteiger partial charge on any atom is 0.269 e. The van der Waals surface area contributed by atoms with Crippen molar-refractivity contribution in [3.05, 3.63) is 70.3 Å². The van der Waals surface area contributed by atoms with E-state index >= 15 is 0 Å². The van der Waals surface area contributed by atoms with Gasteiger partial charge in [0.05, 0.1) is 17.2 Å². The number of fused-ring (bicyclic) bond motifs is 1. The first-order valence-corrected chi connectivity index (χ1v) is 9.18. The molecule has 8 nitrogen and oxygen atoms in total. The van der Waals surface area contributed by atoms with Gasteiger partial charge in [0, 0.05) is 38.3 Å². The number of hydrogen-bond acceptors (Lipinski definition) is 5. The first kappa shape index (κ1) is 20.1. The van der Waals surface area contributed by atoms with Gasteiger partial charge in [-0.2, -0.15) is 0 Å². The molecule has 0 aliphatic carbocycles. The summed E-state index contributed by atoms with van der Waals surface area (Å²) in [5, 5.41) is 0.516. The quantitative estimate of drug-likeness (QED) is 0.642. The van der Waals surface area contributed by atoms with Crippen LogP contribution in [0, 0.1) is 6.92 Å². The van der Waals surface area contributed by atoms with Gasteiger partial charge in [0.25, 0.3) is 11.5 Å². The maximum absolute atomic E-state index is 12.5. The summed E-state index contributed by atoms with van der Waals surface area (Å²) in [5.41, 5.74) is 7.46. The molecule has 0 aliphatic heterocycles. The second-order valence-corrected chi connectivity index (χ2v) is 6.91. The summed E-state index contributed by atoms with van der Waals surface area (Å²) in [6.45, 7) is 2.05. The van der Waals surface area contributed by atoms with Gasteiger partial charge in [-0.15, -0.1) is 0 Å². The Labute approximate surface area is 168 Å². The van der Waals surface area contributed by atoms with Crippen LogP contribution in [0.25, 0.3) is 10.9 Å². The Kier molecular flexibility index (Phi) is 5.92. The number of anilines is 1. The maximum atomic E-state index is 12.5. The van der Waals surface area contributed by atoms with Crippen LogP contribution in [0.2, 0.25) is 0 Å². The third-order valence-corrected chi connectivity index (χ3v) is 4.58. The Balaban J connectivity index is 1.59. The second kappa shape index (κ2) is 8.55. The zero-order valence-electron chi connectivity index (χ0n) is 16.6. The van der Waals surface area contributed by atoms with E-state index < -0.39 is 11.8 Å². The molecule has 0 aliphatic rings. The topological polar surface area (TPSA) is 96.3 Å². The molecule has 1 aromatic heterocycles. The Hall–Kier alpha value is -3.68. The fourth-order valence-electron chi connectivity index (χ4n) is 2.91. The number of hydrogen-bond donors (Lipinski definition) is 2.